The molecular weight excluding hydrogens is 179 g/mol. The molecule has 5 atom stereocenters. The van der Waals surface area contributed by atoms with Gasteiger partial charge >= 0.3 is 0 Å². The van der Waals surface area contributed by atoms with Crippen molar-refractivity contribution in [1.82, 2.24) is 0 Å². The summed E-state index contributed by atoms with van der Waals surface area (Å²) in [6.07, 6.45) is 5.17. The first-order valence-electron chi connectivity index (χ1n) is 5.91. The van der Waals surface area contributed by atoms with Crippen LogP contribution in [0.1, 0.15) is 45.4 Å². The zero-order chi connectivity index (χ0) is 9.97. The zero-order valence-electron chi connectivity index (χ0n) is 8.80. The Bertz CT molecular complexity index is 243. The van der Waals surface area contributed by atoms with E-state index in [2.05, 4.69) is 0 Å². The van der Waals surface area contributed by atoms with E-state index in [4.69, 9.17) is 0 Å². The molecule has 3 unspecified atom stereocenters. The molecule has 0 aromatic rings. The van der Waals surface area contributed by atoms with Gasteiger partial charge in [-0.05, 0) is 63.2 Å². The standard InChI is InChI=1S/C12H19FO/c1-11(14)9-4-8-2-3-12(13,6-9)7-10(11)5-8/h8-10,14H,2-7H2,1H3/t8?,9-,10+,11?,12?. The van der Waals surface area contributed by atoms with Crippen molar-refractivity contribution in [2.45, 2.75) is 56.7 Å². The van der Waals surface area contributed by atoms with Crippen molar-refractivity contribution in [3.8, 4) is 0 Å². The van der Waals surface area contributed by atoms with Crippen LogP contribution in [-0.4, -0.2) is 16.4 Å². The molecule has 4 rings (SSSR count). The molecule has 0 saturated heterocycles. The summed E-state index contributed by atoms with van der Waals surface area (Å²) in [4.78, 5) is 0. The van der Waals surface area contributed by atoms with E-state index < -0.39 is 11.3 Å². The average molecular weight is 198 g/mol. The minimum atomic E-state index is -0.928. The molecule has 4 bridgehead atoms. The van der Waals surface area contributed by atoms with Gasteiger partial charge in [-0.2, -0.15) is 0 Å². The molecule has 4 aliphatic rings. The van der Waals surface area contributed by atoms with Gasteiger partial charge in [0, 0.05) is 0 Å². The van der Waals surface area contributed by atoms with Gasteiger partial charge in [0.05, 0.1) is 5.60 Å². The Labute approximate surface area is 84.7 Å². The molecule has 0 heterocycles. The Balaban J connectivity index is 2.00. The second-order valence-electron chi connectivity index (χ2n) is 6.05. The van der Waals surface area contributed by atoms with Crippen molar-refractivity contribution in [3.05, 3.63) is 0 Å². The number of fused-ring (bicyclic) bond motifs is 1. The van der Waals surface area contributed by atoms with E-state index in [1.54, 1.807) is 0 Å². The molecule has 80 valence electrons. The summed E-state index contributed by atoms with van der Waals surface area (Å²) in [5, 5.41) is 10.4. The average Bonchev–Trinajstić information content (AvgIpc) is 2.28. The predicted molar refractivity (Wildman–Crippen MR) is 52.6 cm³/mol. The molecule has 0 aromatic heterocycles. The maximum Gasteiger partial charge on any atom is 0.111 e. The number of aliphatic hydroxyl groups is 1. The smallest absolute Gasteiger partial charge is 0.111 e. The summed E-state index contributed by atoms with van der Waals surface area (Å²) in [5.74, 6) is 1.16. The first-order chi connectivity index (χ1) is 6.50. The number of alkyl halides is 1. The monoisotopic (exact) mass is 198 g/mol. The van der Waals surface area contributed by atoms with Crippen LogP contribution in [-0.2, 0) is 0 Å². The van der Waals surface area contributed by atoms with Crippen LogP contribution in [0.2, 0.25) is 0 Å². The number of halogens is 1. The molecule has 0 amide bonds. The fourth-order valence-electron chi connectivity index (χ4n) is 4.16. The molecule has 0 aliphatic heterocycles. The number of hydrogen-bond donors (Lipinski definition) is 1. The number of rotatable bonds is 0. The van der Waals surface area contributed by atoms with E-state index in [0.717, 1.165) is 25.7 Å². The van der Waals surface area contributed by atoms with Gasteiger partial charge in [-0.3, -0.25) is 0 Å². The zero-order valence-corrected chi connectivity index (χ0v) is 8.80. The third kappa shape index (κ3) is 1.09. The second kappa shape index (κ2) is 2.52. The molecule has 1 nitrogen and oxygen atoms in total. The lowest BCUT2D eigenvalue weighted by Gasteiger charge is -2.51. The second-order valence-corrected chi connectivity index (χ2v) is 6.05. The topological polar surface area (TPSA) is 20.2 Å². The quantitative estimate of drug-likeness (QED) is 0.634. The molecule has 4 saturated carbocycles. The molecular formula is C12H19FO. The summed E-state index contributed by atoms with van der Waals surface area (Å²) in [5.41, 5.74) is -1.50. The van der Waals surface area contributed by atoms with Crippen LogP contribution in [0.5, 0.6) is 0 Å². The van der Waals surface area contributed by atoms with Crippen molar-refractivity contribution < 1.29 is 9.50 Å². The highest BCUT2D eigenvalue weighted by molar-refractivity contribution is 5.08. The largest absolute Gasteiger partial charge is 0.390 e. The Morgan fingerprint density at radius 3 is 2.36 bits per heavy atom. The highest BCUT2D eigenvalue weighted by Gasteiger charge is 2.57. The van der Waals surface area contributed by atoms with Gasteiger partial charge < -0.3 is 5.11 Å². The minimum Gasteiger partial charge on any atom is -0.390 e. The molecule has 4 fully saturated rings. The van der Waals surface area contributed by atoms with Gasteiger partial charge in [-0.25, -0.2) is 4.39 Å². The van der Waals surface area contributed by atoms with Gasteiger partial charge in [0.25, 0.3) is 0 Å². The van der Waals surface area contributed by atoms with Crippen molar-refractivity contribution in [2.75, 3.05) is 0 Å². The highest BCUT2D eigenvalue weighted by atomic mass is 19.1. The lowest BCUT2D eigenvalue weighted by molar-refractivity contribution is -0.145. The summed E-state index contributed by atoms with van der Waals surface area (Å²) < 4.78 is 14.4. The van der Waals surface area contributed by atoms with Crippen molar-refractivity contribution in [1.29, 1.82) is 0 Å². The molecule has 0 radical (unpaired) electrons. The van der Waals surface area contributed by atoms with Gasteiger partial charge in [0.2, 0.25) is 0 Å². The van der Waals surface area contributed by atoms with Crippen molar-refractivity contribution >= 4 is 0 Å². The molecule has 1 N–H and O–H groups in total. The van der Waals surface area contributed by atoms with Gasteiger partial charge in [0.1, 0.15) is 5.67 Å². The summed E-state index contributed by atoms with van der Waals surface area (Å²) in [6.45, 7) is 1.93. The van der Waals surface area contributed by atoms with E-state index in [1.165, 1.54) is 0 Å². The molecule has 0 spiro atoms. The number of hydrogen-bond acceptors (Lipinski definition) is 1. The Kier molecular flexibility index (Phi) is 1.65. The van der Waals surface area contributed by atoms with Crippen LogP contribution in [0, 0.1) is 17.8 Å². The Morgan fingerprint density at radius 1 is 1.21 bits per heavy atom. The van der Waals surface area contributed by atoms with E-state index in [-0.39, 0.29) is 11.8 Å². The molecule has 4 aliphatic carbocycles. The van der Waals surface area contributed by atoms with Crippen LogP contribution in [0.15, 0.2) is 0 Å². The Morgan fingerprint density at radius 2 is 1.79 bits per heavy atom. The van der Waals surface area contributed by atoms with Gasteiger partial charge in [-0.1, -0.05) is 0 Å². The van der Waals surface area contributed by atoms with Crippen molar-refractivity contribution in [2.24, 2.45) is 17.8 Å². The first-order valence-corrected chi connectivity index (χ1v) is 5.91. The third-order valence-electron chi connectivity index (χ3n) is 5.11. The minimum absolute atomic E-state index is 0.229. The van der Waals surface area contributed by atoms with Crippen LogP contribution in [0.4, 0.5) is 4.39 Å². The third-order valence-corrected chi connectivity index (χ3v) is 5.11. The molecule has 0 aromatic carbocycles. The fraction of sp³-hybridized carbons (Fsp3) is 1.00. The van der Waals surface area contributed by atoms with Crippen LogP contribution in [0.25, 0.3) is 0 Å². The summed E-state index contributed by atoms with van der Waals surface area (Å²) in [6, 6.07) is 0. The van der Waals surface area contributed by atoms with E-state index >= 15 is 0 Å². The predicted octanol–water partition coefficient (Wildman–Crippen LogP) is 2.68. The van der Waals surface area contributed by atoms with Gasteiger partial charge in [0.15, 0.2) is 0 Å². The van der Waals surface area contributed by atoms with E-state index in [0.29, 0.717) is 18.8 Å². The fourth-order valence-corrected chi connectivity index (χ4v) is 4.16. The lowest BCUT2D eigenvalue weighted by Crippen LogP contribution is -2.54. The SMILES string of the molecule is CC1(O)[C@@H]2CC3CCC(F)(C2)C[C@@H]1C3. The molecule has 14 heavy (non-hydrogen) atoms. The molecule has 2 heteroatoms. The van der Waals surface area contributed by atoms with Crippen LogP contribution >= 0.6 is 0 Å². The van der Waals surface area contributed by atoms with E-state index in [1.807, 2.05) is 6.92 Å². The highest BCUT2D eigenvalue weighted by Crippen LogP contribution is 2.58. The van der Waals surface area contributed by atoms with Crippen molar-refractivity contribution in [3.63, 3.8) is 0 Å². The summed E-state index contributed by atoms with van der Waals surface area (Å²) in [7, 11) is 0. The van der Waals surface area contributed by atoms with E-state index in [9.17, 15) is 9.50 Å². The van der Waals surface area contributed by atoms with Crippen LogP contribution in [0.3, 0.4) is 0 Å². The first kappa shape index (κ1) is 9.14. The maximum absolute atomic E-state index is 14.4. The Hall–Kier alpha value is -0.110. The van der Waals surface area contributed by atoms with Gasteiger partial charge in [-0.15, -0.1) is 0 Å². The summed E-state index contributed by atoms with van der Waals surface area (Å²) >= 11 is 0. The van der Waals surface area contributed by atoms with Crippen LogP contribution < -0.4 is 0 Å². The maximum atomic E-state index is 14.4. The lowest BCUT2D eigenvalue weighted by atomic mass is 9.58. The normalized spacial score (nSPS) is 61.5.